The molecule has 0 unspecified atom stereocenters. The molecule has 7 nitrogen and oxygen atoms in total. The van der Waals surface area contributed by atoms with E-state index in [0.29, 0.717) is 43.3 Å². The van der Waals surface area contributed by atoms with Gasteiger partial charge in [0.1, 0.15) is 22.8 Å². The molecule has 1 saturated heterocycles. The summed E-state index contributed by atoms with van der Waals surface area (Å²) < 4.78 is 19.7. The van der Waals surface area contributed by atoms with Gasteiger partial charge in [0.15, 0.2) is 0 Å². The summed E-state index contributed by atoms with van der Waals surface area (Å²) in [6.07, 6.45) is 0.578. The lowest BCUT2D eigenvalue weighted by atomic mass is 10.0. The van der Waals surface area contributed by atoms with Crippen molar-refractivity contribution in [3.05, 3.63) is 69.7 Å². The molecular weight excluding hydrogens is 470 g/mol. The molecular formula is C23H21Cl2FN4O3. The predicted octanol–water partition coefficient (Wildman–Crippen LogP) is 5.48. The number of amides is 3. The van der Waals surface area contributed by atoms with Crippen LogP contribution in [0.3, 0.4) is 0 Å². The van der Waals surface area contributed by atoms with Gasteiger partial charge in [-0.2, -0.15) is 0 Å². The molecule has 3 amide bonds. The highest BCUT2D eigenvalue weighted by atomic mass is 35.5. The summed E-state index contributed by atoms with van der Waals surface area (Å²) in [6, 6.07) is 10.9. The molecule has 3 aromatic rings. The minimum atomic E-state index is -0.593. The van der Waals surface area contributed by atoms with E-state index in [1.807, 2.05) is 0 Å². The van der Waals surface area contributed by atoms with Crippen molar-refractivity contribution in [2.45, 2.75) is 13.3 Å². The summed E-state index contributed by atoms with van der Waals surface area (Å²) in [6.45, 7) is 3.13. The number of benzene rings is 2. The van der Waals surface area contributed by atoms with Crippen LogP contribution < -0.4 is 5.32 Å². The Morgan fingerprint density at radius 2 is 1.79 bits per heavy atom. The maximum Gasteiger partial charge on any atom is 0.321 e. The van der Waals surface area contributed by atoms with Crippen LogP contribution in [0, 0.1) is 12.7 Å². The number of hydrogen-bond donors (Lipinski definition) is 1. The summed E-state index contributed by atoms with van der Waals surface area (Å²) in [7, 11) is 0. The number of nitrogens with zero attached hydrogens (tertiary/aromatic N) is 3. The Morgan fingerprint density at radius 3 is 2.55 bits per heavy atom. The van der Waals surface area contributed by atoms with Crippen LogP contribution in [0.2, 0.25) is 10.0 Å². The van der Waals surface area contributed by atoms with E-state index in [2.05, 4.69) is 10.5 Å². The molecule has 33 heavy (non-hydrogen) atoms. The first-order valence-electron chi connectivity index (χ1n) is 10.4. The molecule has 0 aliphatic carbocycles. The predicted molar refractivity (Wildman–Crippen MR) is 124 cm³/mol. The lowest BCUT2D eigenvalue weighted by molar-refractivity contribution is 0.0761. The summed E-state index contributed by atoms with van der Waals surface area (Å²) >= 11 is 12.2. The zero-order chi connectivity index (χ0) is 23.5. The fourth-order valence-corrected chi connectivity index (χ4v) is 4.21. The van der Waals surface area contributed by atoms with Gasteiger partial charge in [-0.1, -0.05) is 40.5 Å². The molecule has 1 N–H and O–H groups in total. The first-order chi connectivity index (χ1) is 15.8. The Balaban J connectivity index is 1.50. The van der Waals surface area contributed by atoms with E-state index in [1.165, 1.54) is 18.2 Å². The quantitative estimate of drug-likeness (QED) is 0.527. The minimum Gasteiger partial charge on any atom is -0.360 e. The van der Waals surface area contributed by atoms with E-state index in [4.69, 9.17) is 27.7 Å². The van der Waals surface area contributed by atoms with Crippen molar-refractivity contribution in [3.63, 3.8) is 0 Å². The van der Waals surface area contributed by atoms with E-state index in [-0.39, 0.29) is 39.5 Å². The van der Waals surface area contributed by atoms with Crippen molar-refractivity contribution in [3.8, 4) is 11.3 Å². The maximum absolute atomic E-state index is 14.5. The largest absolute Gasteiger partial charge is 0.360 e. The van der Waals surface area contributed by atoms with Gasteiger partial charge >= 0.3 is 6.03 Å². The third-order valence-corrected chi connectivity index (χ3v) is 5.97. The zero-order valence-electron chi connectivity index (χ0n) is 17.8. The monoisotopic (exact) mass is 490 g/mol. The Kier molecular flexibility index (Phi) is 6.85. The van der Waals surface area contributed by atoms with E-state index >= 15 is 0 Å². The van der Waals surface area contributed by atoms with Gasteiger partial charge < -0.3 is 19.6 Å². The second-order valence-corrected chi connectivity index (χ2v) is 8.48. The molecule has 0 radical (unpaired) electrons. The molecule has 1 aromatic heterocycles. The standard InChI is InChI=1S/C23H21Cl2FN4O3/c1-14-19(21(28-33-14)20-17(25)7-3-8-18(20)26)22(31)29-9-4-10-30(12-11-29)23(32)27-16-6-2-5-15(24)13-16/h2-3,5-8,13H,4,9-12H2,1H3,(H,27,32). The molecule has 10 heteroatoms. The van der Waals surface area contributed by atoms with Crippen LogP contribution >= 0.6 is 23.2 Å². The number of carbonyl (C=O) groups excluding carboxylic acids is 2. The summed E-state index contributed by atoms with van der Waals surface area (Å²) in [4.78, 5) is 29.3. The van der Waals surface area contributed by atoms with E-state index < -0.39 is 5.82 Å². The maximum atomic E-state index is 14.5. The molecule has 1 aliphatic rings. The van der Waals surface area contributed by atoms with Crippen LogP contribution in [-0.2, 0) is 0 Å². The Bertz CT molecular complexity index is 1180. The highest BCUT2D eigenvalue weighted by molar-refractivity contribution is 6.33. The second-order valence-electron chi connectivity index (χ2n) is 7.63. The SMILES string of the molecule is Cc1onc(-c2c(F)cccc2Cl)c1C(=O)N1CCCN(C(=O)Nc2cccc(Cl)c2)CC1. The summed E-state index contributed by atoms with van der Waals surface area (Å²) in [5, 5.41) is 7.39. The van der Waals surface area contributed by atoms with Gasteiger partial charge in [-0.3, -0.25) is 4.79 Å². The third kappa shape index (κ3) is 4.96. The molecule has 1 aliphatic heterocycles. The lowest BCUT2D eigenvalue weighted by Crippen LogP contribution is -2.39. The molecule has 0 saturated carbocycles. The third-order valence-electron chi connectivity index (χ3n) is 5.42. The topological polar surface area (TPSA) is 78.7 Å². The van der Waals surface area contributed by atoms with Crippen LogP contribution in [0.5, 0.6) is 0 Å². The van der Waals surface area contributed by atoms with Crippen molar-refractivity contribution < 1.29 is 18.5 Å². The highest BCUT2D eigenvalue weighted by Gasteiger charge is 2.30. The number of halogens is 3. The zero-order valence-corrected chi connectivity index (χ0v) is 19.3. The summed E-state index contributed by atoms with van der Waals surface area (Å²) in [5.41, 5.74) is 0.854. The van der Waals surface area contributed by atoms with Crippen molar-refractivity contribution in [2.24, 2.45) is 0 Å². The number of anilines is 1. The van der Waals surface area contributed by atoms with E-state index in [9.17, 15) is 14.0 Å². The molecule has 4 rings (SSSR count). The van der Waals surface area contributed by atoms with E-state index in [1.54, 1.807) is 41.0 Å². The van der Waals surface area contributed by atoms with Crippen molar-refractivity contribution in [1.82, 2.24) is 15.0 Å². The van der Waals surface area contributed by atoms with Crippen LogP contribution in [0.4, 0.5) is 14.9 Å². The van der Waals surface area contributed by atoms with Gasteiger partial charge in [0, 0.05) is 36.9 Å². The fraction of sp³-hybridized carbons (Fsp3) is 0.261. The van der Waals surface area contributed by atoms with Crippen LogP contribution in [-0.4, -0.2) is 53.1 Å². The van der Waals surface area contributed by atoms with Crippen LogP contribution in [0.15, 0.2) is 47.0 Å². The van der Waals surface area contributed by atoms with Gasteiger partial charge in [-0.05, 0) is 43.7 Å². The van der Waals surface area contributed by atoms with Gasteiger partial charge in [-0.25, -0.2) is 9.18 Å². The Hall–Kier alpha value is -3.10. The molecule has 0 spiro atoms. The molecule has 172 valence electrons. The molecule has 1 fully saturated rings. The van der Waals surface area contributed by atoms with Gasteiger partial charge in [0.05, 0.1) is 10.6 Å². The van der Waals surface area contributed by atoms with Crippen molar-refractivity contribution >= 4 is 40.8 Å². The van der Waals surface area contributed by atoms with Crippen LogP contribution in [0.25, 0.3) is 11.3 Å². The smallest absolute Gasteiger partial charge is 0.321 e. The van der Waals surface area contributed by atoms with Crippen LogP contribution in [0.1, 0.15) is 22.5 Å². The number of nitrogens with one attached hydrogen (secondary N) is 1. The number of carbonyl (C=O) groups is 2. The summed E-state index contributed by atoms with van der Waals surface area (Å²) in [5.74, 6) is -0.668. The second kappa shape index (κ2) is 9.80. The first-order valence-corrected chi connectivity index (χ1v) is 11.1. The average molecular weight is 491 g/mol. The molecule has 0 atom stereocenters. The number of aryl methyl sites for hydroxylation is 1. The molecule has 2 heterocycles. The number of aromatic nitrogens is 1. The van der Waals surface area contributed by atoms with Gasteiger partial charge in [0.2, 0.25) is 0 Å². The number of hydrogen-bond acceptors (Lipinski definition) is 4. The number of rotatable bonds is 3. The average Bonchev–Trinajstić information content (AvgIpc) is 2.98. The van der Waals surface area contributed by atoms with Gasteiger partial charge in [0.25, 0.3) is 5.91 Å². The first kappa shape index (κ1) is 23.1. The Morgan fingerprint density at radius 1 is 1.06 bits per heavy atom. The van der Waals surface area contributed by atoms with Gasteiger partial charge in [-0.15, -0.1) is 0 Å². The fourth-order valence-electron chi connectivity index (χ4n) is 3.77. The normalized spacial score (nSPS) is 14.2. The van der Waals surface area contributed by atoms with E-state index in [0.717, 1.165) is 0 Å². The molecule has 0 bridgehead atoms. The minimum absolute atomic E-state index is 0.0247. The lowest BCUT2D eigenvalue weighted by Gasteiger charge is -2.22. The van der Waals surface area contributed by atoms with Crippen molar-refractivity contribution in [1.29, 1.82) is 0 Å². The highest BCUT2D eigenvalue weighted by Crippen LogP contribution is 2.34. The number of urea groups is 1. The molecule has 2 aromatic carbocycles. The Labute approximate surface area is 200 Å². The van der Waals surface area contributed by atoms with Crippen molar-refractivity contribution in [2.75, 3.05) is 31.5 Å².